The van der Waals surface area contributed by atoms with Crippen LogP contribution in [0.2, 0.25) is 0 Å². The largest absolute Gasteiger partial charge is 0.380 e. The lowest BCUT2D eigenvalue weighted by molar-refractivity contribution is 0.121. The van der Waals surface area contributed by atoms with Gasteiger partial charge in [-0.1, -0.05) is 0 Å². The molecule has 20 heavy (non-hydrogen) atoms. The van der Waals surface area contributed by atoms with E-state index in [4.69, 9.17) is 4.74 Å². The van der Waals surface area contributed by atoms with E-state index >= 15 is 0 Å². The summed E-state index contributed by atoms with van der Waals surface area (Å²) in [5, 5.41) is 8.17. The Labute approximate surface area is 122 Å². The van der Waals surface area contributed by atoms with E-state index in [1.54, 1.807) is 7.11 Å². The number of nitrogens with one attached hydrogen (secondary N) is 1. The van der Waals surface area contributed by atoms with E-state index in [0.717, 1.165) is 31.7 Å². The van der Waals surface area contributed by atoms with Crippen molar-refractivity contribution in [3.63, 3.8) is 0 Å². The molecule has 0 aliphatic carbocycles. The zero-order valence-corrected chi connectivity index (χ0v) is 13.7. The Morgan fingerprint density at radius 3 is 2.65 bits per heavy atom. The number of hydrogen-bond donors (Lipinski definition) is 1. The van der Waals surface area contributed by atoms with Gasteiger partial charge in [0.05, 0.1) is 11.8 Å². The predicted octanol–water partition coefficient (Wildman–Crippen LogP) is 1.84. The highest BCUT2D eigenvalue weighted by molar-refractivity contribution is 5.51. The number of ether oxygens (including phenoxy) is 1. The van der Waals surface area contributed by atoms with Crippen molar-refractivity contribution in [2.75, 3.05) is 25.1 Å². The minimum Gasteiger partial charge on any atom is -0.380 e. The van der Waals surface area contributed by atoms with Crippen molar-refractivity contribution in [1.29, 1.82) is 0 Å². The average molecular weight is 280 g/mol. The lowest BCUT2D eigenvalue weighted by Gasteiger charge is -2.24. The molecule has 5 nitrogen and oxygen atoms in total. The Kier molecular flexibility index (Phi) is 4.39. The Morgan fingerprint density at radius 2 is 2.10 bits per heavy atom. The van der Waals surface area contributed by atoms with Crippen molar-refractivity contribution in [3.05, 3.63) is 11.3 Å². The molecular formula is C15H28N4O. The van der Waals surface area contributed by atoms with Gasteiger partial charge in [0.25, 0.3) is 0 Å². The van der Waals surface area contributed by atoms with Crippen molar-refractivity contribution in [1.82, 2.24) is 15.1 Å². The zero-order valence-electron chi connectivity index (χ0n) is 13.7. The van der Waals surface area contributed by atoms with E-state index in [1.807, 2.05) is 11.7 Å². The van der Waals surface area contributed by atoms with Crippen LogP contribution >= 0.6 is 0 Å². The minimum absolute atomic E-state index is 0.111. The number of methoxy groups -OCH3 is 1. The SMILES string of the molecule is COC1CCN(c2c(CNC(C)(C)C)c(C)nn2C)C1. The molecule has 114 valence electrons. The van der Waals surface area contributed by atoms with E-state index in [-0.39, 0.29) is 5.54 Å². The number of nitrogens with zero attached hydrogens (tertiary/aromatic N) is 3. The molecule has 1 aromatic heterocycles. The molecule has 0 saturated carbocycles. The van der Waals surface area contributed by atoms with Crippen molar-refractivity contribution in [2.45, 2.75) is 52.3 Å². The van der Waals surface area contributed by atoms with Crippen LogP contribution in [0.15, 0.2) is 0 Å². The maximum Gasteiger partial charge on any atom is 0.131 e. The van der Waals surface area contributed by atoms with Gasteiger partial charge in [0.1, 0.15) is 5.82 Å². The van der Waals surface area contributed by atoms with E-state index in [9.17, 15) is 0 Å². The number of rotatable bonds is 4. The first kappa shape index (κ1) is 15.3. The summed E-state index contributed by atoms with van der Waals surface area (Å²) >= 11 is 0. The van der Waals surface area contributed by atoms with Gasteiger partial charge in [-0.25, -0.2) is 0 Å². The van der Waals surface area contributed by atoms with E-state index in [0.29, 0.717) is 6.10 Å². The zero-order chi connectivity index (χ0) is 14.9. The van der Waals surface area contributed by atoms with Gasteiger partial charge in [0.15, 0.2) is 0 Å². The molecular weight excluding hydrogens is 252 g/mol. The second kappa shape index (κ2) is 5.74. The molecule has 1 aromatic rings. The molecule has 1 atom stereocenters. The highest BCUT2D eigenvalue weighted by Gasteiger charge is 2.27. The molecule has 1 N–H and O–H groups in total. The van der Waals surface area contributed by atoms with Gasteiger partial charge in [-0.3, -0.25) is 4.68 Å². The van der Waals surface area contributed by atoms with Gasteiger partial charge in [-0.2, -0.15) is 5.10 Å². The molecule has 0 spiro atoms. The maximum absolute atomic E-state index is 5.48. The highest BCUT2D eigenvalue weighted by Crippen LogP contribution is 2.27. The molecule has 2 heterocycles. The van der Waals surface area contributed by atoms with Crippen molar-refractivity contribution in [2.24, 2.45) is 7.05 Å². The molecule has 1 aliphatic rings. The number of aryl methyl sites for hydroxylation is 2. The summed E-state index contributed by atoms with van der Waals surface area (Å²) in [6.07, 6.45) is 1.43. The van der Waals surface area contributed by atoms with Crippen LogP contribution in [0, 0.1) is 6.92 Å². The van der Waals surface area contributed by atoms with Gasteiger partial charge < -0.3 is 15.0 Å². The second-order valence-corrected chi connectivity index (χ2v) is 6.71. The molecule has 2 rings (SSSR count). The lowest BCUT2D eigenvalue weighted by atomic mass is 10.1. The maximum atomic E-state index is 5.48. The van der Waals surface area contributed by atoms with Gasteiger partial charge >= 0.3 is 0 Å². The number of hydrogen-bond acceptors (Lipinski definition) is 4. The summed E-state index contributed by atoms with van der Waals surface area (Å²) < 4.78 is 7.48. The summed E-state index contributed by atoms with van der Waals surface area (Å²) in [7, 11) is 3.83. The topological polar surface area (TPSA) is 42.3 Å². The second-order valence-electron chi connectivity index (χ2n) is 6.71. The predicted molar refractivity (Wildman–Crippen MR) is 82.2 cm³/mol. The Morgan fingerprint density at radius 1 is 1.40 bits per heavy atom. The molecule has 0 bridgehead atoms. The van der Waals surface area contributed by atoms with Crippen LogP contribution in [0.1, 0.15) is 38.4 Å². The quantitative estimate of drug-likeness (QED) is 0.914. The fourth-order valence-electron chi connectivity index (χ4n) is 2.76. The van der Waals surface area contributed by atoms with E-state index in [1.165, 1.54) is 11.4 Å². The highest BCUT2D eigenvalue weighted by atomic mass is 16.5. The molecule has 0 aromatic carbocycles. The fourth-order valence-corrected chi connectivity index (χ4v) is 2.76. The third-order valence-electron chi connectivity index (χ3n) is 3.89. The van der Waals surface area contributed by atoms with Crippen molar-refractivity contribution < 1.29 is 4.74 Å². The average Bonchev–Trinajstić information content (AvgIpc) is 2.90. The van der Waals surface area contributed by atoms with Gasteiger partial charge in [-0.05, 0) is 34.1 Å². The first-order valence-electron chi connectivity index (χ1n) is 7.37. The molecule has 1 unspecified atom stereocenters. The molecule has 1 fully saturated rings. The Hall–Kier alpha value is -1.07. The van der Waals surface area contributed by atoms with Gasteiger partial charge in [0, 0.05) is 44.9 Å². The molecule has 1 saturated heterocycles. The van der Waals surface area contributed by atoms with Gasteiger partial charge in [0.2, 0.25) is 0 Å². The van der Waals surface area contributed by atoms with E-state index in [2.05, 4.69) is 43.0 Å². The smallest absolute Gasteiger partial charge is 0.131 e. The summed E-state index contributed by atoms with van der Waals surface area (Å²) in [6, 6.07) is 0. The normalized spacial score (nSPS) is 19.9. The fraction of sp³-hybridized carbons (Fsp3) is 0.800. The van der Waals surface area contributed by atoms with Crippen LogP contribution < -0.4 is 10.2 Å². The lowest BCUT2D eigenvalue weighted by Crippen LogP contribution is -2.36. The van der Waals surface area contributed by atoms with Gasteiger partial charge in [-0.15, -0.1) is 0 Å². The monoisotopic (exact) mass is 280 g/mol. The summed E-state index contributed by atoms with van der Waals surface area (Å²) in [4.78, 5) is 2.40. The van der Waals surface area contributed by atoms with Crippen LogP contribution in [0.25, 0.3) is 0 Å². The molecule has 0 radical (unpaired) electrons. The third kappa shape index (κ3) is 3.33. The number of anilines is 1. The van der Waals surface area contributed by atoms with Crippen molar-refractivity contribution >= 4 is 5.82 Å². The van der Waals surface area contributed by atoms with Crippen LogP contribution in [0.3, 0.4) is 0 Å². The summed E-state index contributed by atoms with van der Waals surface area (Å²) in [6.45, 7) is 11.5. The van der Waals surface area contributed by atoms with Crippen LogP contribution in [-0.4, -0.2) is 41.6 Å². The van der Waals surface area contributed by atoms with Crippen molar-refractivity contribution in [3.8, 4) is 0 Å². The standard InChI is InChI=1S/C15H28N4O/c1-11-13(9-16-15(2,3)4)14(18(5)17-11)19-8-7-12(10-19)20-6/h12,16H,7-10H2,1-6H3. The Bertz CT molecular complexity index is 461. The first-order valence-corrected chi connectivity index (χ1v) is 7.37. The molecule has 1 aliphatic heterocycles. The van der Waals surface area contributed by atoms with Crippen LogP contribution in [-0.2, 0) is 18.3 Å². The van der Waals surface area contributed by atoms with E-state index < -0.39 is 0 Å². The third-order valence-corrected chi connectivity index (χ3v) is 3.89. The first-order chi connectivity index (χ1) is 9.31. The number of aromatic nitrogens is 2. The summed E-state index contributed by atoms with van der Waals surface area (Å²) in [5.41, 5.74) is 2.53. The van der Waals surface area contributed by atoms with Crippen LogP contribution in [0.4, 0.5) is 5.82 Å². The van der Waals surface area contributed by atoms with Crippen LogP contribution in [0.5, 0.6) is 0 Å². The summed E-state index contributed by atoms with van der Waals surface area (Å²) in [5.74, 6) is 1.24. The molecule has 0 amide bonds. The molecule has 5 heteroatoms. The Balaban J connectivity index is 2.20. The minimum atomic E-state index is 0.111.